The van der Waals surface area contributed by atoms with E-state index < -0.39 is 24.4 Å². The number of halogens is 1. The molecular formula is C33H45IN2O8. The van der Waals surface area contributed by atoms with E-state index in [1.54, 1.807) is 18.2 Å². The van der Waals surface area contributed by atoms with Gasteiger partial charge >= 0.3 is 0 Å². The molecule has 1 aromatic carbocycles. The lowest BCUT2D eigenvalue weighted by Crippen LogP contribution is -2.61. The quantitative estimate of drug-likeness (QED) is 0.256. The Labute approximate surface area is 272 Å². The van der Waals surface area contributed by atoms with Gasteiger partial charge in [0.25, 0.3) is 5.91 Å². The van der Waals surface area contributed by atoms with Gasteiger partial charge in [-0.3, -0.25) is 9.59 Å². The maximum atomic E-state index is 14.3. The van der Waals surface area contributed by atoms with E-state index in [4.69, 9.17) is 14.2 Å². The first-order valence-corrected chi connectivity index (χ1v) is 17.1. The SMILES string of the molecule is COc1cc(CO)cc(I)c1O[C@H]1C=C(C(=O)NCCO)C[C@@H](N(CC23CC4CC(CC(C4)C2)C3)C(=O)C2CCCO2)[C@@H]1O. The van der Waals surface area contributed by atoms with Crippen molar-refractivity contribution in [3.05, 3.63) is 32.9 Å². The third kappa shape index (κ3) is 6.49. The number of carbonyl (C=O) groups is 2. The predicted octanol–water partition coefficient (Wildman–Crippen LogP) is 2.93. The van der Waals surface area contributed by atoms with Crippen molar-refractivity contribution in [2.24, 2.45) is 23.2 Å². The molecule has 2 amide bonds. The van der Waals surface area contributed by atoms with Crippen molar-refractivity contribution in [1.82, 2.24) is 10.2 Å². The molecule has 44 heavy (non-hydrogen) atoms. The van der Waals surface area contributed by atoms with Crippen molar-refractivity contribution in [2.75, 3.05) is 33.4 Å². The molecule has 6 aliphatic rings. The van der Waals surface area contributed by atoms with Crippen molar-refractivity contribution < 1.29 is 39.1 Å². The van der Waals surface area contributed by atoms with Crippen LogP contribution in [-0.2, 0) is 20.9 Å². The molecule has 4 saturated carbocycles. The lowest BCUT2D eigenvalue weighted by Gasteiger charge is -2.58. The molecule has 0 spiro atoms. The minimum absolute atomic E-state index is 0.0122. The van der Waals surface area contributed by atoms with Gasteiger partial charge in [-0.25, -0.2) is 0 Å². The maximum absolute atomic E-state index is 14.3. The summed E-state index contributed by atoms with van der Waals surface area (Å²) in [5, 5.41) is 33.8. The molecule has 4 N–H and O–H groups in total. The molecule has 0 radical (unpaired) electrons. The van der Waals surface area contributed by atoms with Crippen LogP contribution in [0, 0.1) is 26.7 Å². The van der Waals surface area contributed by atoms with Crippen molar-refractivity contribution in [3.63, 3.8) is 0 Å². The van der Waals surface area contributed by atoms with Crippen LogP contribution in [0.1, 0.15) is 63.4 Å². The highest BCUT2D eigenvalue weighted by Gasteiger charge is 2.53. The number of hydrogen-bond donors (Lipinski definition) is 4. The average Bonchev–Trinajstić information content (AvgIpc) is 3.55. The van der Waals surface area contributed by atoms with Crippen molar-refractivity contribution in [2.45, 2.75) is 88.7 Å². The summed E-state index contributed by atoms with van der Waals surface area (Å²) in [7, 11) is 1.51. The van der Waals surface area contributed by atoms with E-state index in [0.717, 1.165) is 25.7 Å². The van der Waals surface area contributed by atoms with Crippen LogP contribution in [0.4, 0.5) is 0 Å². The zero-order valence-corrected chi connectivity index (χ0v) is 27.5. The van der Waals surface area contributed by atoms with E-state index in [9.17, 15) is 24.9 Å². The van der Waals surface area contributed by atoms with Gasteiger partial charge in [-0.15, -0.1) is 0 Å². The number of benzene rings is 1. The van der Waals surface area contributed by atoms with Crippen LogP contribution in [0.15, 0.2) is 23.8 Å². The van der Waals surface area contributed by atoms with E-state index in [1.807, 2.05) is 4.90 Å². The molecule has 1 saturated heterocycles. The Morgan fingerprint density at radius 3 is 2.43 bits per heavy atom. The average molecular weight is 725 g/mol. The smallest absolute Gasteiger partial charge is 0.252 e. The van der Waals surface area contributed by atoms with Crippen LogP contribution in [0.25, 0.3) is 0 Å². The van der Waals surface area contributed by atoms with Gasteiger partial charge in [-0.2, -0.15) is 0 Å². The predicted molar refractivity (Wildman–Crippen MR) is 170 cm³/mol. The maximum Gasteiger partial charge on any atom is 0.252 e. The number of amides is 2. The Balaban J connectivity index is 1.35. The van der Waals surface area contributed by atoms with Gasteiger partial charge in [0, 0.05) is 31.7 Å². The van der Waals surface area contributed by atoms with Gasteiger partial charge in [-0.05, 0) is 121 Å². The van der Waals surface area contributed by atoms with Crippen LogP contribution in [0.2, 0.25) is 0 Å². The number of ether oxygens (including phenoxy) is 3. The molecule has 7 rings (SSSR count). The Morgan fingerprint density at radius 2 is 1.84 bits per heavy atom. The molecule has 4 atom stereocenters. The molecule has 1 unspecified atom stereocenters. The van der Waals surface area contributed by atoms with Crippen LogP contribution in [0.3, 0.4) is 0 Å². The summed E-state index contributed by atoms with van der Waals surface area (Å²) >= 11 is 2.10. The summed E-state index contributed by atoms with van der Waals surface area (Å²) in [4.78, 5) is 29.5. The second-order valence-corrected chi connectivity index (χ2v) is 14.8. The topological polar surface area (TPSA) is 138 Å². The molecule has 4 bridgehead atoms. The molecule has 0 aromatic heterocycles. The number of hydrogen-bond acceptors (Lipinski definition) is 8. The summed E-state index contributed by atoms with van der Waals surface area (Å²) in [6, 6.07) is 2.76. The first-order valence-electron chi connectivity index (χ1n) is 16.1. The second-order valence-electron chi connectivity index (χ2n) is 13.7. The number of nitrogens with one attached hydrogen (secondary N) is 1. The Hall–Kier alpha value is -1.93. The van der Waals surface area contributed by atoms with Gasteiger partial charge in [0.2, 0.25) is 5.91 Å². The minimum atomic E-state index is -1.12. The van der Waals surface area contributed by atoms with Crippen molar-refractivity contribution in [3.8, 4) is 11.5 Å². The molecule has 5 fully saturated rings. The lowest BCUT2D eigenvalue weighted by atomic mass is 9.49. The lowest BCUT2D eigenvalue weighted by molar-refractivity contribution is -0.156. The number of aliphatic hydroxyl groups is 3. The first kappa shape index (κ1) is 32.0. The Morgan fingerprint density at radius 1 is 1.14 bits per heavy atom. The number of carbonyl (C=O) groups excluding carboxylic acids is 2. The number of nitrogens with zero attached hydrogens (tertiary/aromatic N) is 1. The number of rotatable bonds is 11. The number of methoxy groups -OCH3 is 1. The van der Waals surface area contributed by atoms with E-state index >= 15 is 0 Å². The van der Waals surface area contributed by atoms with Crippen LogP contribution in [-0.4, -0.2) is 89.8 Å². The standard InChI is InChI=1S/C33H45IN2O8/c1-42-28-11-22(17-38)10-24(34)30(28)44-27-13-23(31(40)35-4-5-37)12-25(29(27)39)36(32(41)26-3-2-6-43-26)18-33-14-19-7-20(15-33)9-21(8-19)16-33/h10-11,13,19-21,25-27,29,37-39H,2-9,12,14-18H2,1H3,(H,35,40)/t19?,20?,21?,25-,26?,27+,29+,33?/m1/s1. The largest absolute Gasteiger partial charge is 0.493 e. The Bertz CT molecular complexity index is 1230. The molecule has 5 aliphatic carbocycles. The van der Waals surface area contributed by atoms with Gasteiger partial charge in [0.15, 0.2) is 11.5 Å². The molecule has 1 aliphatic heterocycles. The third-order valence-electron chi connectivity index (χ3n) is 10.5. The van der Waals surface area contributed by atoms with Crippen LogP contribution < -0.4 is 14.8 Å². The molecule has 1 heterocycles. The van der Waals surface area contributed by atoms with Crippen molar-refractivity contribution in [1.29, 1.82) is 0 Å². The highest BCUT2D eigenvalue weighted by atomic mass is 127. The fraction of sp³-hybridized carbons (Fsp3) is 0.697. The van der Waals surface area contributed by atoms with Crippen molar-refractivity contribution >= 4 is 34.4 Å². The number of aliphatic hydroxyl groups excluding tert-OH is 3. The van der Waals surface area contributed by atoms with E-state index in [1.165, 1.54) is 26.4 Å². The van der Waals surface area contributed by atoms with Gasteiger partial charge < -0.3 is 39.7 Å². The molecule has 242 valence electrons. The monoisotopic (exact) mass is 724 g/mol. The summed E-state index contributed by atoms with van der Waals surface area (Å²) in [6.07, 6.45) is 7.78. The molecule has 11 heteroatoms. The van der Waals surface area contributed by atoms with Crippen LogP contribution in [0.5, 0.6) is 11.5 Å². The fourth-order valence-electron chi connectivity index (χ4n) is 9.06. The van der Waals surface area contributed by atoms with Gasteiger partial charge in [0.05, 0.1) is 29.9 Å². The van der Waals surface area contributed by atoms with Crippen LogP contribution >= 0.6 is 22.6 Å². The summed E-state index contributed by atoms with van der Waals surface area (Å²) in [5.74, 6) is 2.41. The van der Waals surface area contributed by atoms with E-state index in [0.29, 0.717) is 63.5 Å². The zero-order valence-electron chi connectivity index (χ0n) is 25.4. The van der Waals surface area contributed by atoms with Gasteiger partial charge in [-0.1, -0.05) is 0 Å². The summed E-state index contributed by atoms with van der Waals surface area (Å²) < 4.78 is 18.6. The van der Waals surface area contributed by atoms with Gasteiger partial charge in [0.1, 0.15) is 18.3 Å². The Kier molecular flexibility index (Phi) is 9.78. The highest BCUT2D eigenvalue weighted by Crippen LogP contribution is 2.60. The minimum Gasteiger partial charge on any atom is -0.493 e. The summed E-state index contributed by atoms with van der Waals surface area (Å²) in [5.41, 5.74) is 1.07. The molecule has 1 aromatic rings. The van der Waals surface area contributed by atoms with E-state index in [-0.39, 0.29) is 43.4 Å². The first-order chi connectivity index (χ1) is 21.2. The molecule has 10 nitrogen and oxygen atoms in total. The second kappa shape index (κ2) is 13.4. The fourth-order valence-corrected chi connectivity index (χ4v) is 9.85. The summed E-state index contributed by atoms with van der Waals surface area (Å²) in [6.45, 7) is 0.807. The molecular weight excluding hydrogens is 679 g/mol. The highest BCUT2D eigenvalue weighted by molar-refractivity contribution is 14.1. The van der Waals surface area contributed by atoms with E-state index in [2.05, 4.69) is 27.9 Å². The zero-order chi connectivity index (χ0) is 31.0. The third-order valence-corrected chi connectivity index (χ3v) is 11.3. The normalized spacial score (nSPS) is 34.0.